The molecule has 1 heterocycles. The molecule has 0 unspecified atom stereocenters. The summed E-state index contributed by atoms with van der Waals surface area (Å²) in [6, 6.07) is 7.51. The van der Waals surface area contributed by atoms with Crippen LogP contribution < -0.4 is 10.0 Å². The predicted octanol–water partition coefficient (Wildman–Crippen LogP) is 2.56. The molecule has 114 valence electrons. The number of hydrogen-bond donors (Lipinski definition) is 2. The number of hydrogen-bond acceptors (Lipinski definition) is 4. The molecule has 0 saturated heterocycles. The van der Waals surface area contributed by atoms with Gasteiger partial charge in [0.2, 0.25) is 10.0 Å². The quantitative estimate of drug-likeness (QED) is 0.858. The zero-order chi connectivity index (χ0) is 15.5. The smallest absolute Gasteiger partial charge is 0.241 e. The molecular weight excluding hydrogens is 304 g/mol. The SMILES string of the molecule is CNCc1ccc(C)c(S(=O)(=O)NCc2sccc2C)c1. The average Bonchev–Trinajstić information content (AvgIpc) is 2.84. The fourth-order valence-electron chi connectivity index (χ4n) is 2.07. The van der Waals surface area contributed by atoms with Crippen LogP contribution in [0.4, 0.5) is 0 Å². The molecule has 0 aliphatic rings. The first-order valence-corrected chi connectivity index (χ1v) is 9.07. The van der Waals surface area contributed by atoms with Crippen molar-refractivity contribution in [2.24, 2.45) is 0 Å². The van der Waals surface area contributed by atoms with Crippen LogP contribution in [0, 0.1) is 13.8 Å². The second kappa shape index (κ2) is 6.70. The summed E-state index contributed by atoms with van der Waals surface area (Å²) in [5.41, 5.74) is 2.82. The average molecular weight is 324 g/mol. The summed E-state index contributed by atoms with van der Waals surface area (Å²) in [6.07, 6.45) is 0. The minimum absolute atomic E-state index is 0.335. The first-order valence-electron chi connectivity index (χ1n) is 6.71. The highest BCUT2D eigenvalue weighted by molar-refractivity contribution is 7.89. The van der Waals surface area contributed by atoms with Gasteiger partial charge in [0.1, 0.15) is 0 Å². The Hall–Kier alpha value is -1.21. The molecule has 1 aromatic carbocycles. The molecule has 0 radical (unpaired) electrons. The summed E-state index contributed by atoms with van der Waals surface area (Å²) in [5, 5.41) is 5.00. The first kappa shape index (κ1) is 16.2. The highest BCUT2D eigenvalue weighted by Crippen LogP contribution is 2.19. The number of thiophene rings is 1. The Morgan fingerprint density at radius 1 is 1.10 bits per heavy atom. The topological polar surface area (TPSA) is 58.2 Å². The molecule has 0 fully saturated rings. The van der Waals surface area contributed by atoms with Crippen molar-refractivity contribution >= 4 is 21.4 Å². The van der Waals surface area contributed by atoms with Crippen molar-refractivity contribution in [1.29, 1.82) is 0 Å². The van der Waals surface area contributed by atoms with Gasteiger partial charge in [-0.15, -0.1) is 11.3 Å². The van der Waals surface area contributed by atoms with Gasteiger partial charge in [0.15, 0.2) is 0 Å². The van der Waals surface area contributed by atoms with E-state index in [4.69, 9.17) is 0 Å². The van der Waals surface area contributed by atoms with Crippen molar-refractivity contribution < 1.29 is 8.42 Å². The van der Waals surface area contributed by atoms with Crippen LogP contribution in [-0.2, 0) is 23.1 Å². The van der Waals surface area contributed by atoms with E-state index in [1.165, 1.54) is 0 Å². The molecule has 1 aromatic heterocycles. The molecule has 2 aromatic rings. The maximum atomic E-state index is 12.5. The molecule has 0 saturated carbocycles. The molecule has 0 amide bonds. The predicted molar refractivity (Wildman–Crippen MR) is 87.0 cm³/mol. The van der Waals surface area contributed by atoms with Gasteiger partial charge in [-0.3, -0.25) is 0 Å². The second-order valence-corrected chi connectivity index (χ2v) is 7.72. The third kappa shape index (κ3) is 3.91. The van der Waals surface area contributed by atoms with Crippen LogP contribution >= 0.6 is 11.3 Å². The molecule has 21 heavy (non-hydrogen) atoms. The zero-order valence-electron chi connectivity index (χ0n) is 12.4. The number of sulfonamides is 1. The normalized spacial score (nSPS) is 11.8. The molecule has 0 aliphatic heterocycles. The number of nitrogens with one attached hydrogen (secondary N) is 2. The van der Waals surface area contributed by atoms with Crippen LogP contribution in [-0.4, -0.2) is 15.5 Å². The summed E-state index contributed by atoms with van der Waals surface area (Å²) < 4.78 is 27.7. The number of rotatable bonds is 6. The fraction of sp³-hybridized carbons (Fsp3) is 0.333. The summed E-state index contributed by atoms with van der Waals surface area (Å²) in [7, 11) is -1.66. The van der Waals surface area contributed by atoms with Gasteiger partial charge in [-0.05, 0) is 55.1 Å². The van der Waals surface area contributed by atoms with Crippen molar-refractivity contribution in [1.82, 2.24) is 10.0 Å². The van der Waals surface area contributed by atoms with Gasteiger partial charge in [-0.2, -0.15) is 0 Å². The van der Waals surface area contributed by atoms with Gasteiger partial charge in [-0.1, -0.05) is 12.1 Å². The first-order chi connectivity index (χ1) is 9.94. The van der Waals surface area contributed by atoms with Crippen molar-refractivity contribution in [3.8, 4) is 0 Å². The fourth-order valence-corrected chi connectivity index (χ4v) is 4.30. The summed E-state index contributed by atoms with van der Waals surface area (Å²) >= 11 is 1.56. The van der Waals surface area contributed by atoms with E-state index in [0.29, 0.717) is 18.0 Å². The van der Waals surface area contributed by atoms with Gasteiger partial charge in [-0.25, -0.2) is 13.1 Å². The van der Waals surface area contributed by atoms with Crippen molar-refractivity contribution in [3.05, 3.63) is 51.2 Å². The van der Waals surface area contributed by atoms with Crippen molar-refractivity contribution in [2.75, 3.05) is 7.05 Å². The minimum Gasteiger partial charge on any atom is -0.316 e. The lowest BCUT2D eigenvalue weighted by Gasteiger charge is -2.11. The van der Waals surface area contributed by atoms with E-state index in [1.54, 1.807) is 17.4 Å². The Kier molecular flexibility index (Phi) is 5.16. The Morgan fingerprint density at radius 3 is 2.48 bits per heavy atom. The minimum atomic E-state index is -3.50. The summed E-state index contributed by atoms with van der Waals surface area (Å²) in [6.45, 7) is 4.78. The van der Waals surface area contributed by atoms with Crippen LogP contribution in [0.5, 0.6) is 0 Å². The van der Waals surface area contributed by atoms with E-state index < -0.39 is 10.0 Å². The molecule has 0 atom stereocenters. The van der Waals surface area contributed by atoms with Crippen LogP contribution in [0.1, 0.15) is 21.6 Å². The molecular formula is C15H20N2O2S2. The molecule has 2 N–H and O–H groups in total. The molecule has 0 bridgehead atoms. The van der Waals surface area contributed by atoms with Crippen molar-refractivity contribution in [3.63, 3.8) is 0 Å². The Balaban J connectivity index is 2.22. The Morgan fingerprint density at radius 2 is 1.86 bits per heavy atom. The third-order valence-corrected chi connectivity index (χ3v) is 5.88. The number of benzene rings is 1. The van der Waals surface area contributed by atoms with Gasteiger partial charge < -0.3 is 5.32 Å². The van der Waals surface area contributed by atoms with Gasteiger partial charge in [0, 0.05) is 18.0 Å². The summed E-state index contributed by atoms with van der Waals surface area (Å²) in [4.78, 5) is 1.40. The van der Waals surface area contributed by atoms with Gasteiger partial charge in [0.05, 0.1) is 4.90 Å². The number of aryl methyl sites for hydroxylation is 2. The molecule has 2 rings (SSSR count). The maximum Gasteiger partial charge on any atom is 0.241 e. The monoisotopic (exact) mass is 324 g/mol. The Bertz CT molecular complexity index is 721. The molecule has 0 aliphatic carbocycles. The third-order valence-electron chi connectivity index (χ3n) is 3.31. The lowest BCUT2D eigenvalue weighted by atomic mass is 10.1. The van der Waals surface area contributed by atoms with Crippen LogP contribution in [0.3, 0.4) is 0 Å². The van der Waals surface area contributed by atoms with Gasteiger partial charge in [0.25, 0.3) is 0 Å². The van der Waals surface area contributed by atoms with Crippen LogP contribution in [0.25, 0.3) is 0 Å². The van der Waals surface area contributed by atoms with E-state index >= 15 is 0 Å². The molecule has 0 spiro atoms. The van der Waals surface area contributed by atoms with E-state index in [0.717, 1.165) is 21.6 Å². The Labute approximate surface area is 130 Å². The lowest BCUT2D eigenvalue weighted by Crippen LogP contribution is -2.24. The van der Waals surface area contributed by atoms with Crippen molar-refractivity contribution in [2.45, 2.75) is 31.8 Å². The van der Waals surface area contributed by atoms with E-state index in [-0.39, 0.29) is 0 Å². The standard InChI is InChI=1S/C15H20N2O2S2/c1-11-6-7-20-14(11)10-17-21(18,19)15-8-13(9-16-3)5-4-12(15)2/h4-8,16-17H,9-10H2,1-3H3. The highest BCUT2D eigenvalue weighted by atomic mass is 32.2. The van der Waals surface area contributed by atoms with Gasteiger partial charge >= 0.3 is 0 Å². The second-order valence-electron chi connectivity index (χ2n) is 4.98. The zero-order valence-corrected chi connectivity index (χ0v) is 14.1. The van der Waals surface area contributed by atoms with E-state index in [9.17, 15) is 8.42 Å². The maximum absolute atomic E-state index is 12.5. The van der Waals surface area contributed by atoms with Crippen LogP contribution in [0.2, 0.25) is 0 Å². The van der Waals surface area contributed by atoms with E-state index in [1.807, 2.05) is 44.5 Å². The lowest BCUT2D eigenvalue weighted by molar-refractivity contribution is 0.581. The summed E-state index contributed by atoms with van der Waals surface area (Å²) in [5.74, 6) is 0. The van der Waals surface area contributed by atoms with Crippen LogP contribution in [0.15, 0.2) is 34.5 Å². The highest BCUT2D eigenvalue weighted by Gasteiger charge is 2.17. The molecule has 4 nitrogen and oxygen atoms in total. The van der Waals surface area contributed by atoms with E-state index in [2.05, 4.69) is 10.0 Å². The molecule has 6 heteroatoms. The largest absolute Gasteiger partial charge is 0.316 e.